The van der Waals surface area contributed by atoms with Crippen LogP contribution in [0.1, 0.15) is 16.7 Å². The van der Waals surface area contributed by atoms with E-state index in [4.69, 9.17) is 14.2 Å². The molecule has 0 saturated carbocycles. The van der Waals surface area contributed by atoms with E-state index in [0.29, 0.717) is 23.7 Å². The Morgan fingerprint density at radius 3 is 2.48 bits per heavy atom. The molecule has 7 heteroatoms. The molecule has 0 radical (unpaired) electrons. The first kappa shape index (κ1) is 21.1. The Morgan fingerprint density at radius 2 is 1.79 bits per heavy atom. The van der Waals surface area contributed by atoms with Crippen molar-refractivity contribution in [3.8, 4) is 11.5 Å². The number of thiazole rings is 1. The largest absolute Gasteiger partial charge is 0.495 e. The number of ether oxygens (including phenoxy) is 3. The molecule has 0 bridgehead atoms. The van der Waals surface area contributed by atoms with Gasteiger partial charge in [-0.1, -0.05) is 35.1 Å². The van der Waals surface area contributed by atoms with Crippen LogP contribution in [0, 0.1) is 13.8 Å². The lowest BCUT2D eigenvalue weighted by Gasteiger charge is -2.10. The highest BCUT2D eigenvalue weighted by Crippen LogP contribution is 2.35. The summed E-state index contributed by atoms with van der Waals surface area (Å²) in [5.41, 5.74) is 4.07. The van der Waals surface area contributed by atoms with E-state index in [1.165, 1.54) is 11.3 Å². The number of fused-ring (bicyclic) bond motifs is 1. The molecule has 0 aliphatic heterocycles. The molecule has 3 rings (SSSR count). The Hall–Kier alpha value is -2.64. The molecule has 0 N–H and O–H groups in total. The van der Waals surface area contributed by atoms with E-state index in [1.807, 2.05) is 48.7 Å². The highest BCUT2D eigenvalue weighted by Gasteiger charge is 2.16. The first-order valence-electron chi connectivity index (χ1n) is 9.35. The molecule has 3 aromatic rings. The maximum atomic E-state index is 12.8. The summed E-state index contributed by atoms with van der Waals surface area (Å²) in [4.78, 5) is 17.8. The van der Waals surface area contributed by atoms with Gasteiger partial charge < -0.3 is 18.8 Å². The molecule has 1 heterocycles. The summed E-state index contributed by atoms with van der Waals surface area (Å²) in [6, 6.07) is 9.84. The first-order chi connectivity index (χ1) is 14.0. The van der Waals surface area contributed by atoms with Gasteiger partial charge >= 0.3 is 0 Å². The fourth-order valence-corrected chi connectivity index (χ4v) is 4.41. The summed E-state index contributed by atoms with van der Waals surface area (Å²) in [5, 5.41) is 0. The predicted octanol–water partition coefficient (Wildman–Crippen LogP) is 3.65. The number of hydrogen-bond acceptors (Lipinski definition) is 5. The van der Waals surface area contributed by atoms with Crippen LogP contribution < -0.4 is 14.3 Å². The van der Waals surface area contributed by atoms with Gasteiger partial charge in [-0.05, 0) is 37.1 Å². The monoisotopic (exact) mass is 414 g/mol. The van der Waals surface area contributed by atoms with Crippen LogP contribution in [0.4, 0.5) is 0 Å². The highest BCUT2D eigenvalue weighted by molar-refractivity contribution is 7.16. The third-order valence-electron chi connectivity index (χ3n) is 4.78. The topological polar surface area (TPSA) is 62.1 Å². The normalized spacial score (nSPS) is 11.8. The molecule has 0 saturated heterocycles. The van der Waals surface area contributed by atoms with Crippen molar-refractivity contribution < 1.29 is 19.0 Å². The van der Waals surface area contributed by atoms with Crippen LogP contribution in [-0.2, 0) is 22.5 Å². The Balaban J connectivity index is 2.11. The van der Waals surface area contributed by atoms with Crippen molar-refractivity contribution in [1.29, 1.82) is 0 Å². The van der Waals surface area contributed by atoms with Gasteiger partial charge in [0, 0.05) is 13.7 Å². The van der Waals surface area contributed by atoms with Crippen molar-refractivity contribution in [3.05, 3.63) is 51.8 Å². The van der Waals surface area contributed by atoms with Crippen LogP contribution in [0.3, 0.4) is 0 Å². The molecule has 0 aliphatic carbocycles. The van der Waals surface area contributed by atoms with E-state index in [-0.39, 0.29) is 12.3 Å². The van der Waals surface area contributed by atoms with Crippen LogP contribution in [0.25, 0.3) is 10.2 Å². The molecule has 1 amide bonds. The Morgan fingerprint density at radius 1 is 1.07 bits per heavy atom. The van der Waals surface area contributed by atoms with Crippen LogP contribution in [0.5, 0.6) is 11.5 Å². The smallest absolute Gasteiger partial charge is 0.252 e. The maximum absolute atomic E-state index is 12.8. The van der Waals surface area contributed by atoms with Crippen molar-refractivity contribution in [1.82, 2.24) is 4.57 Å². The average molecular weight is 415 g/mol. The second-order valence-electron chi connectivity index (χ2n) is 6.79. The van der Waals surface area contributed by atoms with Crippen LogP contribution >= 0.6 is 11.3 Å². The standard InChI is InChI=1S/C22H26N2O4S/c1-14-6-7-15(2)16(12-14)13-19(25)23-22-24(10-11-26-3)20-17(27-4)8-9-18(28-5)21(20)29-22/h6-9,12H,10-11,13H2,1-5H3. The molecule has 1 aromatic heterocycles. The number of methoxy groups -OCH3 is 3. The van der Waals surface area contributed by atoms with Crippen LogP contribution in [0.15, 0.2) is 35.3 Å². The zero-order chi connectivity index (χ0) is 21.0. The quantitative estimate of drug-likeness (QED) is 0.592. The minimum atomic E-state index is -0.186. The molecule has 6 nitrogen and oxygen atoms in total. The third kappa shape index (κ3) is 4.52. The Labute approximate surface area is 174 Å². The zero-order valence-corrected chi connectivity index (χ0v) is 18.3. The number of amides is 1. The molecular formula is C22H26N2O4S. The summed E-state index contributed by atoms with van der Waals surface area (Å²) in [5.74, 6) is 1.24. The SMILES string of the molecule is COCCn1c(=NC(=O)Cc2cc(C)ccc2C)sc2c(OC)ccc(OC)c21. The fourth-order valence-electron chi connectivity index (χ4n) is 3.23. The average Bonchev–Trinajstić information content (AvgIpc) is 3.06. The number of nitrogens with zero attached hydrogens (tertiary/aromatic N) is 2. The third-order valence-corrected chi connectivity index (χ3v) is 5.87. The fraction of sp³-hybridized carbons (Fsp3) is 0.364. The van der Waals surface area contributed by atoms with Crippen LogP contribution in [0.2, 0.25) is 0 Å². The molecule has 0 aliphatic rings. The van der Waals surface area contributed by atoms with E-state index in [9.17, 15) is 4.79 Å². The Kier molecular flexibility index (Phi) is 6.71. The van der Waals surface area contributed by atoms with E-state index in [0.717, 1.165) is 32.7 Å². The molecule has 0 atom stereocenters. The van der Waals surface area contributed by atoms with Gasteiger partial charge in [0.2, 0.25) is 0 Å². The lowest BCUT2D eigenvalue weighted by molar-refractivity contribution is -0.117. The van der Waals surface area contributed by atoms with Gasteiger partial charge in [-0.15, -0.1) is 0 Å². The van der Waals surface area contributed by atoms with Gasteiger partial charge in [0.1, 0.15) is 21.7 Å². The van der Waals surface area contributed by atoms with Gasteiger partial charge in [-0.3, -0.25) is 4.79 Å². The van der Waals surface area contributed by atoms with Gasteiger partial charge in [0.25, 0.3) is 5.91 Å². The van der Waals surface area contributed by atoms with Crippen molar-refractivity contribution in [3.63, 3.8) is 0 Å². The molecule has 0 spiro atoms. The minimum Gasteiger partial charge on any atom is -0.495 e. The zero-order valence-electron chi connectivity index (χ0n) is 17.4. The minimum absolute atomic E-state index is 0.186. The number of aryl methyl sites for hydroxylation is 2. The van der Waals surface area contributed by atoms with Crippen LogP contribution in [-0.4, -0.2) is 38.4 Å². The highest BCUT2D eigenvalue weighted by atomic mass is 32.1. The first-order valence-corrected chi connectivity index (χ1v) is 10.2. The second kappa shape index (κ2) is 9.24. The maximum Gasteiger partial charge on any atom is 0.252 e. The van der Waals surface area contributed by atoms with E-state index in [1.54, 1.807) is 21.3 Å². The lowest BCUT2D eigenvalue weighted by Crippen LogP contribution is -2.20. The summed E-state index contributed by atoms with van der Waals surface area (Å²) in [7, 11) is 4.90. The summed E-state index contributed by atoms with van der Waals surface area (Å²) < 4.78 is 19.2. The number of carbonyl (C=O) groups excluding carboxylic acids is 1. The van der Waals surface area contributed by atoms with Crippen molar-refractivity contribution in [2.24, 2.45) is 4.99 Å². The summed E-state index contributed by atoms with van der Waals surface area (Å²) in [6.07, 6.45) is 0.264. The van der Waals surface area contributed by atoms with Crippen molar-refractivity contribution >= 4 is 27.5 Å². The number of carbonyl (C=O) groups is 1. The predicted molar refractivity (Wildman–Crippen MR) is 115 cm³/mol. The Bertz CT molecular complexity index is 1100. The van der Waals surface area contributed by atoms with E-state index >= 15 is 0 Å². The summed E-state index contributed by atoms with van der Waals surface area (Å²) in [6.45, 7) is 5.07. The molecular weight excluding hydrogens is 388 g/mol. The molecule has 0 fully saturated rings. The van der Waals surface area contributed by atoms with Gasteiger partial charge in [0.15, 0.2) is 4.80 Å². The molecule has 2 aromatic carbocycles. The molecule has 0 unspecified atom stereocenters. The summed E-state index contributed by atoms with van der Waals surface area (Å²) >= 11 is 1.42. The second-order valence-corrected chi connectivity index (χ2v) is 7.77. The number of hydrogen-bond donors (Lipinski definition) is 0. The van der Waals surface area contributed by atoms with E-state index in [2.05, 4.69) is 4.99 Å². The van der Waals surface area contributed by atoms with Crippen molar-refractivity contribution in [2.75, 3.05) is 27.9 Å². The molecule has 29 heavy (non-hydrogen) atoms. The van der Waals surface area contributed by atoms with Crippen molar-refractivity contribution in [2.45, 2.75) is 26.8 Å². The number of aromatic nitrogens is 1. The number of benzene rings is 2. The number of rotatable bonds is 7. The van der Waals surface area contributed by atoms with Gasteiger partial charge in [-0.25, -0.2) is 0 Å². The lowest BCUT2D eigenvalue weighted by atomic mass is 10.0. The molecule has 154 valence electrons. The van der Waals surface area contributed by atoms with E-state index < -0.39 is 0 Å². The van der Waals surface area contributed by atoms with Gasteiger partial charge in [0.05, 0.1) is 27.2 Å². The van der Waals surface area contributed by atoms with Gasteiger partial charge in [-0.2, -0.15) is 4.99 Å².